The molecule has 0 unspecified atom stereocenters. The predicted molar refractivity (Wildman–Crippen MR) is 137 cm³/mol. The minimum Gasteiger partial charge on any atom is -0.332 e. The van der Waals surface area contributed by atoms with Crippen LogP contribution in [0.5, 0.6) is 0 Å². The van der Waals surface area contributed by atoms with E-state index in [1.165, 1.54) is 5.56 Å². The van der Waals surface area contributed by atoms with E-state index < -0.39 is 0 Å². The van der Waals surface area contributed by atoms with Crippen molar-refractivity contribution < 1.29 is 4.79 Å². The Hall–Kier alpha value is -3.58. The molecule has 0 aliphatic carbocycles. The molecule has 0 aliphatic heterocycles. The van der Waals surface area contributed by atoms with E-state index in [2.05, 4.69) is 41.2 Å². The van der Waals surface area contributed by atoms with Crippen LogP contribution in [0.1, 0.15) is 36.8 Å². The van der Waals surface area contributed by atoms with E-state index in [0.29, 0.717) is 41.6 Å². The summed E-state index contributed by atoms with van der Waals surface area (Å²) in [4.78, 5) is 32.7. The van der Waals surface area contributed by atoms with Crippen LogP contribution in [-0.4, -0.2) is 20.0 Å². The lowest BCUT2D eigenvalue weighted by molar-refractivity contribution is -0.118. The van der Waals surface area contributed by atoms with Crippen LogP contribution in [0.15, 0.2) is 82.7 Å². The molecule has 0 atom stereocenters. The fourth-order valence-electron chi connectivity index (χ4n) is 3.90. The quantitative estimate of drug-likeness (QED) is 0.293. The van der Waals surface area contributed by atoms with Crippen molar-refractivity contribution in [3.63, 3.8) is 0 Å². The van der Waals surface area contributed by atoms with Crippen LogP contribution < -0.4 is 11.0 Å². The van der Waals surface area contributed by atoms with E-state index in [4.69, 9.17) is 12.2 Å². The Morgan fingerprint density at radius 3 is 2.56 bits per heavy atom. The molecule has 0 bridgehead atoms. The fourth-order valence-corrected chi connectivity index (χ4v) is 4.19. The van der Waals surface area contributed by atoms with Gasteiger partial charge < -0.3 is 9.55 Å². The summed E-state index contributed by atoms with van der Waals surface area (Å²) >= 11 is 5.36. The largest absolute Gasteiger partial charge is 0.332 e. The number of rotatable bonds is 8. The van der Waals surface area contributed by atoms with Crippen molar-refractivity contribution in [2.75, 3.05) is 0 Å². The molecule has 1 N–H and O–H groups in total. The van der Waals surface area contributed by atoms with Gasteiger partial charge in [-0.3, -0.25) is 14.2 Å². The Morgan fingerprint density at radius 1 is 0.971 bits per heavy atom. The van der Waals surface area contributed by atoms with Crippen molar-refractivity contribution in [3.8, 4) is 0 Å². The standard InChI is InChI=1S/C27H28N4O2S/c1-20-13-15-21(16-14-20)19-30-17-8-6-11-24(30)29-25(32)12-3-2-7-18-31-26(33)22-9-4-5-10-23(22)28-27(31)34/h4-6,8-11,13-17H,2-3,7,12,18-19H2,1H3,(H,28,34). The molecule has 7 heteroatoms. The Kier molecular flexibility index (Phi) is 7.65. The molecule has 2 aromatic carbocycles. The summed E-state index contributed by atoms with van der Waals surface area (Å²) in [6, 6.07) is 21.4. The number of para-hydroxylation sites is 1. The van der Waals surface area contributed by atoms with Crippen molar-refractivity contribution in [1.82, 2.24) is 14.1 Å². The number of benzene rings is 2. The van der Waals surface area contributed by atoms with Crippen LogP contribution in [0.4, 0.5) is 0 Å². The Labute approximate surface area is 203 Å². The Balaban J connectivity index is 1.33. The van der Waals surface area contributed by atoms with Crippen LogP contribution in [0.3, 0.4) is 0 Å². The van der Waals surface area contributed by atoms with Gasteiger partial charge in [0.25, 0.3) is 5.56 Å². The topological polar surface area (TPSA) is 72.2 Å². The number of pyridine rings is 1. The summed E-state index contributed by atoms with van der Waals surface area (Å²) in [5.41, 5.74) is 3.71. The van der Waals surface area contributed by atoms with Gasteiger partial charge in [-0.2, -0.15) is 4.99 Å². The summed E-state index contributed by atoms with van der Waals surface area (Å²) in [6.45, 7) is 3.25. The van der Waals surface area contributed by atoms with Gasteiger partial charge >= 0.3 is 0 Å². The molecule has 0 aliphatic rings. The summed E-state index contributed by atoms with van der Waals surface area (Å²) in [7, 11) is 0. The summed E-state index contributed by atoms with van der Waals surface area (Å²) in [5.74, 6) is -0.135. The molecule has 0 saturated carbocycles. The zero-order valence-corrected chi connectivity index (χ0v) is 20.1. The van der Waals surface area contributed by atoms with E-state index in [1.54, 1.807) is 10.6 Å². The second-order valence-corrected chi connectivity index (χ2v) is 8.81. The summed E-state index contributed by atoms with van der Waals surface area (Å²) < 4.78 is 4.01. The molecule has 0 saturated heterocycles. The maximum atomic E-state index is 12.7. The maximum absolute atomic E-state index is 12.7. The highest BCUT2D eigenvalue weighted by atomic mass is 32.1. The van der Waals surface area contributed by atoms with Gasteiger partial charge in [-0.15, -0.1) is 0 Å². The number of H-pyrrole nitrogens is 1. The van der Waals surface area contributed by atoms with Crippen LogP contribution in [0.25, 0.3) is 10.9 Å². The number of carbonyl (C=O) groups excluding carboxylic acids is 1. The van der Waals surface area contributed by atoms with E-state index >= 15 is 0 Å². The smallest absolute Gasteiger partial charge is 0.262 e. The second kappa shape index (κ2) is 11.0. The third kappa shape index (κ3) is 5.85. The molecule has 6 nitrogen and oxygen atoms in total. The first-order valence-electron chi connectivity index (χ1n) is 11.5. The van der Waals surface area contributed by atoms with Gasteiger partial charge in [0.1, 0.15) is 5.49 Å². The van der Waals surface area contributed by atoms with Crippen LogP contribution in [-0.2, 0) is 17.9 Å². The number of hydrogen-bond donors (Lipinski definition) is 1. The second-order valence-electron chi connectivity index (χ2n) is 8.42. The lowest BCUT2D eigenvalue weighted by Crippen LogP contribution is -2.22. The highest BCUT2D eigenvalue weighted by Gasteiger charge is 2.06. The number of aromatic nitrogens is 3. The zero-order valence-electron chi connectivity index (χ0n) is 19.2. The molecular formula is C27H28N4O2S. The van der Waals surface area contributed by atoms with Gasteiger partial charge in [-0.1, -0.05) is 54.4 Å². The van der Waals surface area contributed by atoms with Crippen molar-refractivity contribution in [3.05, 3.63) is 105 Å². The molecule has 4 aromatic rings. The third-order valence-electron chi connectivity index (χ3n) is 5.79. The summed E-state index contributed by atoms with van der Waals surface area (Å²) in [5, 5.41) is 0.631. The van der Waals surface area contributed by atoms with E-state index in [0.717, 1.165) is 23.9 Å². The number of aromatic amines is 1. The number of aryl methyl sites for hydroxylation is 1. The maximum Gasteiger partial charge on any atom is 0.262 e. The first kappa shape index (κ1) is 23.6. The number of unbranched alkanes of at least 4 members (excludes halogenated alkanes) is 2. The molecule has 0 fully saturated rings. The minimum absolute atomic E-state index is 0.0763. The monoisotopic (exact) mass is 472 g/mol. The molecule has 174 valence electrons. The van der Waals surface area contributed by atoms with Gasteiger partial charge in [-0.25, -0.2) is 0 Å². The highest BCUT2D eigenvalue weighted by Crippen LogP contribution is 2.08. The fraction of sp³-hybridized carbons (Fsp3) is 0.259. The van der Waals surface area contributed by atoms with Gasteiger partial charge in [0.15, 0.2) is 4.77 Å². The highest BCUT2D eigenvalue weighted by molar-refractivity contribution is 7.71. The lowest BCUT2D eigenvalue weighted by atomic mass is 10.1. The molecule has 2 aromatic heterocycles. The first-order chi connectivity index (χ1) is 16.5. The molecular weight excluding hydrogens is 444 g/mol. The Bertz CT molecular complexity index is 1480. The molecule has 2 heterocycles. The predicted octanol–water partition coefficient (Wildman–Crippen LogP) is 4.91. The number of nitrogens with one attached hydrogen (secondary N) is 1. The molecule has 34 heavy (non-hydrogen) atoms. The van der Waals surface area contributed by atoms with Crippen LogP contribution >= 0.6 is 12.2 Å². The minimum atomic E-state index is -0.135. The average Bonchev–Trinajstić information content (AvgIpc) is 2.83. The third-order valence-corrected chi connectivity index (χ3v) is 6.11. The van der Waals surface area contributed by atoms with E-state index in [1.807, 2.05) is 47.2 Å². The Morgan fingerprint density at radius 2 is 1.74 bits per heavy atom. The van der Waals surface area contributed by atoms with Crippen molar-refractivity contribution >= 4 is 29.0 Å². The van der Waals surface area contributed by atoms with Crippen LogP contribution in [0, 0.1) is 11.7 Å². The van der Waals surface area contributed by atoms with Crippen molar-refractivity contribution in [1.29, 1.82) is 0 Å². The van der Waals surface area contributed by atoms with Gasteiger partial charge in [0.2, 0.25) is 5.91 Å². The number of fused-ring (bicyclic) bond motifs is 1. The molecule has 0 spiro atoms. The molecule has 4 rings (SSSR count). The van der Waals surface area contributed by atoms with Gasteiger partial charge in [0, 0.05) is 25.7 Å². The normalized spacial score (nSPS) is 11.7. The van der Waals surface area contributed by atoms with E-state index in [-0.39, 0.29) is 11.5 Å². The summed E-state index contributed by atoms with van der Waals surface area (Å²) in [6.07, 6.45) is 4.61. The van der Waals surface area contributed by atoms with Crippen molar-refractivity contribution in [2.24, 2.45) is 4.99 Å². The number of nitrogens with zero attached hydrogens (tertiary/aromatic N) is 3. The first-order valence-corrected chi connectivity index (χ1v) is 11.9. The average molecular weight is 473 g/mol. The van der Waals surface area contributed by atoms with Gasteiger partial charge in [-0.05, 0) is 61.8 Å². The number of amides is 1. The van der Waals surface area contributed by atoms with E-state index in [9.17, 15) is 9.59 Å². The lowest BCUT2D eigenvalue weighted by Gasteiger charge is -2.08. The number of carbonyl (C=O) groups is 1. The molecule has 0 radical (unpaired) electrons. The zero-order chi connectivity index (χ0) is 23.9. The van der Waals surface area contributed by atoms with Crippen molar-refractivity contribution in [2.45, 2.75) is 45.7 Å². The van der Waals surface area contributed by atoms with Gasteiger partial charge in [0.05, 0.1) is 10.9 Å². The number of hydrogen-bond acceptors (Lipinski definition) is 3. The SMILES string of the molecule is Cc1ccc(Cn2ccccc2=NC(=O)CCCCCn2c(=S)[nH]c3ccccc3c2=O)cc1. The van der Waals surface area contributed by atoms with Crippen LogP contribution in [0.2, 0.25) is 0 Å². The molecule has 1 amide bonds.